The van der Waals surface area contributed by atoms with Crippen molar-refractivity contribution in [2.75, 3.05) is 45.1 Å². The highest BCUT2D eigenvalue weighted by Gasteiger charge is 2.13. The minimum atomic E-state index is 0.985. The smallest absolute Gasteiger partial charge is 0.125 e. The van der Waals surface area contributed by atoms with Crippen molar-refractivity contribution >= 4 is 5.82 Å². The van der Waals surface area contributed by atoms with Gasteiger partial charge in [0.15, 0.2) is 0 Å². The SMILES string of the molecule is CCCNc1ccc(CN2CCN(C)CC2)cn1. The highest BCUT2D eigenvalue weighted by Crippen LogP contribution is 2.09. The fourth-order valence-electron chi connectivity index (χ4n) is 2.14. The minimum absolute atomic E-state index is 0.985. The molecule has 0 bridgehead atoms. The zero-order chi connectivity index (χ0) is 12.8. The molecule has 0 atom stereocenters. The van der Waals surface area contributed by atoms with Gasteiger partial charge in [0, 0.05) is 45.5 Å². The van der Waals surface area contributed by atoms with Crippen LogP contribution in [-0.4, -0.2) is 54.6 Å². The van der Waals surface area contributed by atoms with Crippen molar-refractivity contribution in [3.63, 3.8) is 0 Å². The Balaban J connectivity index is 1.82. The Labute approximate surface area is 110 Å². The van der Waals surface area contributed by atoms with Crippen molar-refractivity contribution in [2.24, 2.45) is 0 Å². The Morgan fingerprint density at radius 3 is 2.61 bits per heavy atom. The van der Waals surface area contributed by atoms with Crippen LogP contribution >= 0.6 is 0 Å². The molecule has 0 aliphatic carbocycles. The van der Waals surface area contributed by atoms with Crippen LogP contribution in [-0.2, 0) is 6.54 Å². The van der Waals surface area contributed by atoms with Gasteiger partial charge in [-0.3, -0.25) is 4.90 Å². The Kier molecular flexibility index (Phi) is 4.96. The molecule has 1 aromatic rings. The highest BCUT2D eigenvalue weighted by molar-refractivity contribution is 5.35. The van der Waals surface area contributed by atoms with Crippen molar-refractivity contribution in [2.45, 2.75) is 19.9 Å². The van der Waals surface area contributed by atoms with Gasteiger partial charge in [-0.1, -0.05) is 13.0 Å². The third kappa shape index (κ3) is 3.96. The maximum atomic E-state index is 4.45. The van der Waals surface area contributed by atoms with Gasteiger partial charge in [-0.15, -0.1) is 0 Å². The Morgan fingerprint density at radius 1 is 1.22 bits per heavy atom. The summed E-state index contributed by atoms with van der Waals surface area (Å²) in [6.07, 6.45) is 3.13. The van der Waals surface area contributed by atoms with E-state index in [9.17, 15) is 0 Å². The second kappa shape index (κ2) is 6.71. The minimum Gasteiger partial charge on any atom is -0.370 e. The fraction of sp³-hybridized carbons (Fsp3) is 0.643. The normalized spacial score (nSPS) is 17.9. The summed E-state index contributed by atoms with van der Waals surface area (Å²) in [5.74, 6) is 0.985. The lowest BCUT2D eigenvalue weighted by Gasteiger charge is -2.32. The Bertz CT molecular complexity index is 341. The van der Waals surface area contributed by atoms with Crippen LogP contribution in [0, 0.1) is 0 Å². The van der Waals surface area contributed by atoms with Crippen LogP contribution < -0.4 is 5.32 Å². The lowest BCUT2D eigenvalue weighted by molar-refractivity contribution is 0.148. The molecule has 1 aliphatic rings. The van der Waals surface area contributed by atoms with Gasteiger partial charge in [-0.05, 0) is 25.1 Å². The van der Waals surface area contributed by atoms with Crippen LogP contribution in [0.5, 0.6) is 0 Å². The number of piperazine rings is 1. The van der Waals surface area contributed by atoms with Gasteiger partial charge in [-0.2, -0.15) is 0 Å². The van der Waals surface area contributed by atoms with E-state index in [2.05, 4.69) is 46.2 Å². The van der Waals surface area contributed by atoms with Crippen LogP contribution in [0.3, 0.4) is 0 Å². The van der Waals surface area contributed by atoms with Crippen molar-refractivity contribution in [1.82, 2.24) is 14.8 Å². The number of pyridine rings is 1. The summed E-state index contributed by atoms with van der Waals surface area (Å²) in [5, 5.41) is 3.30. The summed E-state index contributed by atoms with van der Waals surface area (Å²) in [7, 11) is 2.19. The molecule has 0 radical (unpaired) electrons. The molecule has 100 valence electrons. The number of hydrogen-bond acceptors (Lipinski definition) is 4. The predicted octanol–water partition coefficient (Wildman–Crippen LogP) is 1.65. The number of hydrogen-bond donors (Lipinski definition) is 1. The molecule has 2 rings (SSSR count). The first-order valence-corrected chi connectivity index (χ1v) is 6.87. The summed E-state index contributed by atoms with van der Waals surface area (Å²) >= 11 is 0. The monoisotopic (exact) mass is 248 g/mol. The average Bonchev–Trinajstić information content (AvgIpc) is 2.41. The molecule has 1 fully saturated rings. The van der Waals surface area contributed by atoms with Crippen molar-refractivity contribution in [1.29, 1.82) is 0 Å². The number of rotatable bonds is 5. The third-order valence-electron chi connectivity index (χ3n) is 3.38. The second-order valence-corrected chi connectivity index (χ2v) is 5.06. The van der Waals surface area contributed by atoms with Crippen LogP contribution in [0.4, 0.5) is 5.82 Å². The van der Waals surface area contributed by atoms with E-state index in [1.807, 2.05) is 6.20 Å². The Morgan fingerprint density at radius 2 is 2.00 bits per heavy atom. The molecule has 0 saturated carbocycles. The first-order chi connectivity index (χ1) is 8.78. The molecular weight excluding hydrogens is 224 g/mol. The zero-order valence-electron chi connectivity index (χ0n) is 11.5. The van der Waals surface area contributed by atoms with E-state index in [4.69, 9.17) is 0 Å². The standard InChI is InChI=1S/C14H24N4/c1-3-6-15-14-5-4-13(11-16-14)12-18-9-7-17(2)8-10-18/h4-5,11H,3,6-10,12H2,1-2H3,(H,15,16). The van der Waals surface area contributed by atoms with Crippen molar-refractivity contribution in [3.8, 4) is 0 Å². The van der Waals surface area contributed by atoms with E-state index >= 15 is 0 Å². The lowest BCUT2D eigenvalue weighted by atomic mass is 10.2. The summed E-state index contributed by atoms with van der Waals surface area (Å²) in [6, 6.07) is 4.27. The summed E-state index contributed by atoms with van der Waals surface area (Å²) in [5.41, 5.74) is 1.31. The van der Waals surface area contributed by atoms with Crippen LogP contribution in [0.15, 0.2) is 18.3 Å². The van der Waals surface area contributed by atoms with Gasteiger partial charge in [-0.25, -0.2) is 4.98 Å². The third-order valence-corrected chi connectivity index (χ3v) is 3.38. The average molecular weight is 248 g/mol. The van der Waals surface area contributed by atoms with Crippen LogP contribution in [0.1, 0.15) is 18.9 Å². The zero-order valence-corrected chi connectivity index (χ0v) is 11.5. The Hall–Kier alpha value is -1.13. The van der Waals surface area contributed by atoms with Crippen molar-refractivity contribution < 1.29 is 0 Å². The largest absolute Gasteiger partial charge is 0.370 e. The molecule has 18 heavy (non-hydrogen) atoms. The molecule has 4 nitrogen and oxygen atoms in total. The van der Waals surface area contributed by atoms with Gasteiger partial charge in [0.25, 0.3) is 0 Å². The van der Waals surface area contributed by atoms with Gasteiger partial charge >= 0.3 is 0 Å². The quantitative estimate of drug-likeness (QED) is 0.858. The van der Waals surface area contributed by atoms with Gasteiger partial charge < -0.3 is 10.2 Å². The molecule has 4 heteroatoms. The summed E-state index contributed by atoms with van der Waals surface area (Å²) in [4.78, 5) is 9.33. The second-order valence-electron chi connectivity index (χ2n) is 5.06. The van der Waals surface area contributed by atoms with Gasteiger partial charge in [0.1, 0.15) is 5.82 Å². The van der Waals surface area contributed by atoms with E-state index in [1.165, 1.54) is 18.7 Å². The van der Waals surface area contributed by atoms with E-state index < -0.39 is 0 Å². The molecule has 0 aromatic carbocycles. The molecule has 1 saturated heterocycles. The number of anilines is 1. The molecule has 0 amide bonds. The number of aromatic nitrogens is 1. The van der Waals surface area contributed by atoms with Crippen molar-refractivity contribution in [3.05, 3.63) is 23.9 Å². The van der Waals surface area contributed by atoms with E-state index in [0.29, 0.717) is 0 Å². The maximum Gasteiger partial charge on any atom is 0.125 e. The summed E-state index contributed by atoms with van der Waals surface area (Å²) < 4.78 is 0. The lowest BCUT2D eigenvalue weighted by Crippen LogP contribution is -2.43. The topological polar surface area (TPSA) is 31.4 Å². The number of nitrogens with zero attached hydrogens (tertiary/aromatic N) is 3. The molecule has 1 N–H and O–H groups in total. The fourth-order valence-corrected chi connectivity index (χ4v) is 2.14. The van der Waals surface area contributed by atoms with E-state index in [1.54, 1.807) is 0 Å². The molecule has 1 aliphatic heterocycles. The van der Waals surface area contributed by atoms with Crippen LogP contribution in [0.2, 0.25) is 0 Å². The van der Waals surface area contributed by atoms with E-state index in [-0.39, 0.29) is 0 Å². The van der Waals surface area contributed by atoms with Gasteiger partial charge in [0.05, 0.1) is 0 Å². The maximum absolute atomic E-state index is 4.45. The molecule has 0 unspecified atom stereocenters. The van der Waals surface area contributed by atoms with Crippen LogP contribution in [0.25, 0.3) is 0 Å². The summed E-state index contributed by atoms with van der Waals surface area (Å²) in [6.45, 7) is 8.83. The molecular formula is C14H24N4. The predicted molar refractivity (Wildman–Crippen MR) is 75.8 cm³/mol. The highest BCUT2D eigenvalue weighted by atomic mass is 15.2. The number of likely N-dealkylation sites (N-methyl/N-ethyl adjacent to an activating group) is 1. The van der Waals surface area contributed by atoms with Gasteiger partial charge in [0.2, 0.25) is 0 Å². The number of nitrogens with one attached hydrogen (secondary N) is 1. The first-order valence-electron chi connectivity index (χ1n) is 6.87. The van der Waals surface area contributed by atoms with E-state index in [0.717, 1.165) is 38.4 Å². The molecule has 2 heterocycles. The molecule has 0 spiro atoms. The first kappa shape index (κ1) is 13.3. The molecule has 1 aromatic heterocycles.